The Balaban J connectivity index is 2.14. The molecular weight excluding hydrogens is 288 g/mol. The zero-order valence-corrected chi connectivity index (χ0v) is 13.6. The van der Waals surface area contributed by atoms with Gasteiger partial charge in [-0.2, -0.15) is 0 Å². The predicted molar refractivity (Wildman–Crippen MR) is 83.7 cm³/mol. The molecule has 1 aromatic rings. The normalized spacial score (nSPS) is 26.5. The van der Waals surface area contributed by atoms with Gasteiger partial charge in [0, 0.05) is 6.07 Å². The average molecular weight is 312 g/mol. The van der Waals surface area contributed by atoms with Crippen molar-refractivity contribution >= 4 is 15.7 Å². The molecule has 6 heteroatoms. The number of rotatable bonds is 4. The van der Waals surface area contributed by atoms with Crippen molar-refractivity contribution in [1.29, 1.82) is 0 Å². The highest BCUT2D eigenvalue weighted by Gasteiger charge is 2.25. The lowest BCUT2D eigenvalue weighted by molar-refractivity contribution is 0.101. The molecule has 0 aliphatic heterocycles. The van der Waals surface area contributed by atoms with Crippen molar-refractivity contribution in [2.24, 2.45) is 11.8 Å². The van der Waals surface area contributed by atoms with Crippen LogP contribution in [0, 0.1) is 11.8 Å². The number of hydrogen-bond acceptors (Lipinski definition) is 4. The number of nitrogen functional groups attached to an aromatic ring is 1. The summed E-state index contributed by atoms with van der Waals surface area (Å²) in [4.78, 5) is 0.0859. The van der Waals surface area contributed by atoms with E-state index in [1.54, 1.807) is 12.1 Å². The zero-order chi connectivity index (χ0) is 15.6. The van der Waals surface area contributed by atoms with Gasteiger partial charge in [0.05, 0.1) is 11.8 Å². The van der Waals surface area contributed by atoms with Crippen LogP contribution < -0.4 is 15.2 Å². The van der Waals surface area contributed by atoms with Gasteiger partial charge in [0.15, 0.2) is 0 Å². The van der Waals surface area contributed by atoms with Crippen molar-refractivity contribution in [3.63, 3.8) is 0 Å². The minimum Gasteiger partial charge on any atom is -0.490 e. The topological polar surface area (TPSA) is 81.4 Å². The molecule has 21 heavy (non-hydrogen) atoms. The van der Waals surface area contributed by atoms with E-state index in [1.165, 1.54) is 19.5 Å². The average Bonchev–Trinajstić information content (AvgIpc) is 2.37. The summed E-state index contributed by atoms with van der Waals surface area (Å²) in [7, 11) is -2.16. The minimum absolute atomic E-state index is 0.0859. The molecule has 0 spiro atoms. The Morgan fingerprint density at radius 2 is 1.81 bits per heavy atom. The van der Waals surface area contributed by atoms with Crippen LogP contribution in [0.4, 0.5) is 5.69 Å². The lowest BCUT2D eigenvalue weighted by Crippen LogP contribution is -2.28. The fraction of sp³-hybridized carbons (Fsp3) is 0.600. The van der Waals surface area contributed by atoms with Crippen LogP contribution in [-0.2, 0) is 10.0 Å². The summed E-state index contributed by atoms with van der Waals surface area (Å²) >= 11 is 0. The third-order valence-corrected chi connectivity index (χ3v) is 5.47. The summed E-state index contributed by atoms with van der Waals surface area (Å²) in [5.41, 5.74) is 6.05. The van der Waals surface area contributed by atoms with E-state index in [4.69, 9.17) is 10.5 Å². The number of benzene rings is 1. The maximum atomic E-state index is 11.8. The van der Waals surface area contributed by atoms with E-state index >= 15 is 0 Å². The first-order chi connectivity index (χ1) is 9.81. The number of ether oxygens (including phenoxy) is 1. The maximum Gasteiger partial charge on any atom is 0.242 e. The van der Waals surface area contributed by atoms with Crippen LogP contribution in [0.25, 0.3) is 0 Å². The first-order valence-corrected chi connectivity index (χ1v) is 8.80. The number of sulfonamides is 1. The summed E-state index contributed by atoms with van der Waals surface area (Å²) in [6, 6.07) is 4.75. The van der Waals surface area contributed by atoms with Crippen LogP contribution in [-0.4, -0.2) is 21.6 Å². The van der Waals surface area contributed by atoms with Gasteiger partial charge in [-0.3, -0.25) is 0 Å². The first kappa shape index (κ1) is 16.1. The fourth-order valence-electron chi connectivity index (χ4n) is 3.12. The molecule has 2 unspecified atom stereocenters. The van der Waals surface area contributed by atoms with Gasteiger partial charge in [-0.15, -0.1) is 0 Å². The van der Waals surface area contributed by atoms with E-state index in [9.17, 15) is 8.42 Å². The van der Waals surface area contributed by atoms with Crippen LogP contribution in [0.1, 0.15) is 33.1 Å². The maximum absolute atomic E-state index is 11.8. The van der Waals surface area contributed by atoms with Gasteiger partial charge in [0.2, 0.25) is 10.0 Å². The highest BCUT2D eigenvalue weighted by Crippen LogP contribution is 2.32. The standard InChI is InChI=1S/C15H24N2O3S/c1-10-6-11(2)8-13(7-10)20-12-4-5-15(14(16)9-12)21(18,19)17-3/h4-5,9-11,13,17H,6-8,16H2,1-3H3. The summed E-state index contributed by atoms with van der Waals surface area (Å²) < 4.78 is 31.8. The highest BCUT2D eigenvalue weighted by molar-refractivity contribution is 7.89. The Labute approximate surface area is 126 Å². The Hall–Kier alpha value is -1.27. The van der Waals surface area contributed by atoms with Crippen molar-refractivity contribution in [3.8, 4) is 5.75 Å². The lowest BCUT2D eigenvalue weighted by Gasteiger charge is -2.31. The Kier molecular flexibility index (Phi) is 4.78. The molecule has 2 rings (SSSR count). The molecule has 0 saturated heterocycles. The van der Waals surface area contributed by atoms with Crippen LogP contribution in [0.2, 0.25) is 0 Å². The second-order valence-corrected chi connectivity index (χ2v) is 7.92. The molecular formula is C15H24N2O3S. The van der Waals surface area contributed by atoms with Gasteiger partial charge >= 0.3 is 0 Å². The molecule has 2 atom stereocenters. The van der Waals surface area contributed by atoms with Gasteiger partial charge in [-0.05, 0) is 50.3 Å². The first-order valence-electron chi connectivity index (χ1n) is 7.31. The SMILES string of the molecule is CNS(=O)(=O)c1ccc(OC2CC(C)CC(C)C2)cc1N. The number of anilines is 1. The predicted octanol–water partition coefficient (Wildman–Crippen LogP) is 2.38. The molecule has 1 aliphatic rings. The lowest BCUT2D eigenvalue weighted by atomic mass is 9.82. The Morgan fingerprint density at radius 1 is 1.19 bits per heavy atom. The molecule has 1 fully saturated rings. The van der Waals surface area contributed by atoms with Crippen molar-refractivity contribution < 1.29 is 13.2 Å². The van der Waals surface area contributed by atoms with Crippen molar-refractivity contribution in [2.75, 3.05) is 12.8 Å². The third kappa shape index (κ3) is 3.89. The van der Waals surface area contributed by atoms with Gasteiger partial charge in [0.1, 0.15) is 10.6 Å². The van der Waals surface area contributed by atoms with Crippen molar-refractivity contribution in [2.45, 2.75) is 44.1 Å². The third-order valence-electron chi connectivity index (χ3n) is 3.98. The van der Waals surface area contributed by atoms with E-state index < -0.39 is 10.0 Å². The fourth-order valence-corrected chi connectivity index (χ4v) is 3.95. The van der Waals surface area contributed by atoms with Gasteiger partial charge in [0.25, 0.3) is 0 Å². The van der Waals surface area contributed by atoms with E-state index in [0.717, 1.165) is 12.8 Å². The number of nitrogens with two attached hydrogens (primary N) is 1. The largest absolute Gasteiger partial charge is 0.490 e. The minimum atomic E-state index is -3.53. The number of hydrogen-bond donors (Lipinski definition) is 2. The monoisotopic (exact) mass is 312 g/mol. The molecule has 0 bridgehead atoms. The Bertz CT molecular complexity index is 591. The zero-order valence-electron chi connectivity index (χ0n) is 12.8. The number of nitrogens with one attached hydrogen (secondary N) is 1. The summed E-state index contributed by atoms with van der Waals surface area (Å²) in [6.07, 6.45) is 3.47. The second-order valence-electron chi connectivity index (χ2n) is 6.06. The molecule has 0 radical (unpaired) electrons. The molecule has 1 aromatic carbocycles. The van der Waals surface area contributed by atoms with Gasteiger partial charge in [-0.1, -0.05) is 13.8 Å². The quantitative estimate of drug-likeness (QED) is 0.836. The van der Waals surface area contributed by atoms with Gasteiger partial charge in [-0.25, -0.2) is 13.1 Å². The van der Waals surface area contributed by atoms with Crippen LogP contribution in [0.15, 0.2) is 23.1 Å². The van der Waals surface area contributed by atoms with Crippen LogP contribution >= 0.6 is 0 Å². The summed E-state index contributed by atoms with van der Waals surface area (Å²) in [6.45, 7) is 4.48. The molecule has 0 aromatic heterocycles. The summed E-state index contributed by atoms with van der Waals surface area (Å²) in [5, 5.41) is 0. The van der Waals surface area contributed by atoms with Crippen LogP contribution in [0.5, 0.6) is 5.75 Å². The molecule has 1 aliphatic carbocycles. The van der Waals surface area contributed by atoms with E-state index in [2.05, 4.69) is 18.6 Å². The molecule has 118 valence electrons. The molecule has 0 heterocycles. The van der Waals surface area contributed by atoms with E-state index in [-0.39, 0.29) is 16.7 Å². The summed E-state index contributed by atoms with van der Waals surface area (Å²) in [5.74, 6) is 1.94. The highest BCUT2D eigenvalue weighted by atomic mass is 32.2. The van der Waals surface area contributed by atoms with E-state index in [1.807, 2.05) is 0 Å². The van der Waals surface area contributed by atoms with Crippen molar-refractivity contribution in [3.05, 3.63) is 18.2 Å². The van der Waals surface area contributed by atoms with Crippen LogP contribution in [0.3, 0.4) is 0 Å². The Morgan fingerprint density at radius 3 is 2.33 bits per heavy atom. The van der Waals surface area contributed by atoms with Crippen molar-refractivity contribution in [1.82, 2.24) is 4.72 Å². The molecule has 5 nitrogen and oxygen atoms in total. The molecule has 1 saturated carbocycles. The second kappa shape index (κ2) is 6.23. The van der Waals surface area contributed by atoms with Gasteiger partial charge < -0.3 is 10.5 Å². The molecule has 0 amide bonds. The smallest absolute Gasteiger partial charge is 0.242 e. The van der Waals surface area contributed by atoms with E-state index in [0.29, 0.717) is 17.6 Å². The molecule has 3 N–H and O–H groups in total.